The predicted molar refractivity (Wildman–Crippen MR) is 115 cm³/mol. The van der Waals surface area contributed by atoms with Crippen molar-refractivity contribution >= 4 is 5.97 Å². The van der Waals surface area contributed by atoms with Crippen molar-refractivity contribution in [3.05, 3.63) is 0 Å². The standard InChI is InChI=1S/C25H44O4/c1-10-19(2,3)18(26)29-22(8,9)25-13-17-11-23(15-25,20(4,5)27)14-24(12-17,16-25)21(6,7)28/h17,27-28H,10-16H2,1-9H3. The van der Waals surface area contributed by atoms with E-state index in [0.29, 0.717) is 5.92 Å². The summed E-state index contributed by atoms with van der Waals surface area (Å²) in [4.78, 5) is 13.0. The van der Waals surface area contributed by atoms with Gasteiger partial charge in [-0.25, -0.2) is 0 Å². The van der Waals surface area contributed by atoms with E-state index in [2.05, 4.69) is 13.8 Å². The fraction of sp³-hybridized carbons (Fsp3) is 0.960. The minimum Gasteiger partial charge on any atom is -0.459 e. The highest BCUT2D eigenvalue weighted by atomic mass is 16.6. The maximum atomic E-state index is 13.0. The van der Waals surface area contributed by atoms with Crippen LogP contribution in [0.25, 0.3) is 0 Å². The number of esters is 1. The summed E-state index contributed by atoms with van der Waals surface area (Å²) in [6.45, 7) is 17.8. The van der Waals surface area contributed by atoms with E-state index in [4.69, 9.17) is 4.74 Å². The highest BCUT2D eigenvalue weighted by Crippen LogP contribution is 2.76. The number of rotatable bonds is 6. The lowest BCUT2D eigenvalue weighted by molar-refractivity contribution is -0.295. The van der Waals surface area contributed by atoms with Gasteiger partial charge >= 0.3 is 5.97 Å². The van der Waals surface area contributed by atoms with Crippen molar-refractivity contribution in [2.45, 2.75) is 124 Å². The molecule has 4 saturated carbocycles. The van der Waals surface area contributed by atoms with Gasteiger partial charge in [0, 0.05) is 16.2 Å². The van der Waals surface area contributed by atoms with E-state index in [9.17, 15) is 15.0 Å². The minimum atomic E-state index is -0.836. The van der Waals surface area contributed by atoms with Gasteiger partial charge in [-0.05, 0) is 106 Å². The van der Waals surface area contributed by atoms with Crippen molar-refractivity contribution in [2.75, 3.05) is 0 Å². The van der Waals surface area contributed by atoms with E-state index in [1.54, 1.807) is 0 Å². The summed E-state index contributed by atoms with van der Waals surface area (Å²) in [7, 11) is 0. The van der Waals surface area contributed by atoms with Crippen LogP contribution < -0.4 is 0 Å². The second-order valence-corrected chi connectivity index (χ2v) is 13.1. The van der Waals surface area contributed by atoms with Crippen LogP contribution in [0.1, 0.15) is 107 Å². The Kier molecular flexibility index (Phi) is 4.94. The van der Waals surface area contributed by atoms with Crippen LogP contribution in [-0.2, 0) is 9.53 Å². The average molecular weight is 409 g/mol. The highest BCUT2D eigenvalue weighted by molar-refractivity contribution is 5.76. The monoisotopic (exact) mass is 408 g/mol. The highest BCUT2D eigenvalue weighted by Gasteiger charge is 2.72. The van der Waals surface area contributed by atoms with Crippen LogP contribution in [0.2, 0.25) is 0 Å². The third-order valence-corrected chi connectivity index (χ3v) is 9.73. The molecule has 4 aliphatic carbocycles. The summed E-state index contributed by atoms with van der Waals surface area (Å²) in [5.74, 6) is 0.302. The zero-order chi connectivity index (χ0) is 22.3. The fourth-order valence-corrected chi connectivity index (χ4v) is 7.10. The maximum absolute atomic E-state index is 13.0. The third-order valence-electron chi connectivity index (χ3n) is 9.73. The fourth-order valence-electron chi connectivity index (χ4n) is 7.10. The van der Waals surface area contributed by atoms with Crippen LogP contribution in [0.3, 0.4) is 0 Å². The van der Waals surface area contributed by atoms with Crippen molar-refractivity contribution in [2.24, 2.45) is 27.6 Å². The molecular weight excluding hydrogens is 364 g/mol. The van der Waals surface area contributed by atoms with Gasteiger partial charge < -0.3 is 14.9 Å². The summed E-state index contributed by atoms with van der Waals surface area (Å²) in [5.41, 5.74) is -3.57. The van der Waals surface area contributed by atoms with Crippen molar-refractivity contribution in [3.8, 4) is 0 Å². The van der Waals surface area contributed by atoms with Crippen LogP contribution in [-0.4, -0.2) is 33.0 Å². The van der Waals surface area contributed by atoms with E-state index in [1.165, 1.54) is 0 Å². The Morgan fingerprint density at radius 3 is 1.59 bits per heavy atom. The summed E-state index contributed by atoms with van der Waals surface area (Å²) >= 11 is 0. The van der Waals surface area contributed by atoms with Crippen molar-refractivity contribution in [1.82, 2.24) is 0 Å². The molecule has 0 spiro atoms. The van der Waals surface area contributed by atoms with Gasteiger partial charge in [-0.3, -0.25) is 4.79 Å². The Balaban J connectivity index is 2.07. The molecule has 4 rings (SSSR count). The van der Waals surface area contributed by atoms with E-state index in [-0.39, 0.29) is 22.2 Å². The molecule has 168 valence electrons. The SMILES string of the molecule is CCC(C)(C)C(=O)OC(C)(C)C12CC3CC(C(C)(C)O)(CC(C(C)(C)O)(C3)C1)C2. The molecule has 4 nitrogen and oxygen atoms in total. The first-order valence-corrected chi connectivity index (χ1v) is 11.5. The molecule has 4 fully saturated rings. The Labute approximate surface area is 177 Å². The van der Waals surface area contributed by atoms with Crippen molar-refractivity contribution < 1.29 is 19.7 Å². The average Bonchev–Trinajstić information content (AvgIpc) is 2.51. The first-order chi connectivity index (χ1) is 12.8. The smallest absolute Gasteiger partial charge is 0.312 e. The number of hydrogen-bond acceptors (Lipinski definition) is 4. The number of carbonyl (C=O) groups excluding carboxylic acids is 1. The molecule has 4 aliphatic rings. The zero-order valence-electron chi connectivity index (χ0n) is 20.2. The van der Waals surface area contributed by atoms with Crippen molar-refractivity contribution in [3.63, 3.8) is 0 Å². The number of ether oxygens (including phenoxy) is 1. The van der Waals surface area contributed by atoms with Gasteiger partial charge in [-0.1, -0.05) is 6.92 Å². The van der Waals surface area contributed by atoms with Gasteiger partial charge in [0.05, 0.1) is 16.6 Å². The molecular formula is C25H44O4. The lowest BCUT2D eigenvalue weighted by Gasteiger charge is -2.73. The molecule has 0 aromatic carbocycles. The first kappa shape index (κ1) is 23.1. The van der Waals surface area contributed by atoms with E-state index in [0.717, 1.165) is 44.9 Å². The summed E-state index contributed by atoms with van der Waals surface area (Å²) < 4.78 is 6.29. The van der Waals surface area contributed by atoms with Gasteiger partial charge in [-0.15, -0.1) is 0 Å². The molecule has 0 aromatic rings. The van der Waals surface area contributed by atoms with Gasteiger partial charge in [0.2, 0.25) is 0 Å². The first-order valence-electron chi connectivity index (χ1n) is 11.5. The third kappa shape index (κ3) is 3.28. The molecule has 0 aliphatic heterocycles. The van der Waals surface area contributed by atoms with Gasteiger partial charge in [0.15, 0.2) is 0 Å². The Bertz CT molecular complexity index is 646. The molecule has 0 heterocycles. The second-order valence-electron chi connectivity index (χ2n) is 13.1. The van der Waals surface area contributed by atoms with Crippen LogP contribution in [0.5, 0.6) is 0 Å². The zero-order valence-corrected chi connectivity index (χ0v) is 20.2. The molecule has 0 saturated heterocycles. The van der Waals surface area contributed by atoms with Crippen molar-refractivity contribution in [1.29, 1.82) is 0 Å². The Hall–Kier alpha value is -0.610. The molecule has 2 atom stereocenters. The minimum absolute atomic E-state index is 0.143. The largest absolute Gasteiger partial charge is 0.459 e. The Morgan fingerprint density at radius 1 is 0.828 bits per heavy atom. The summed E-state index contributed by atoms with van der Waals surface area (Å²) in [6.07, 6.45) is 6.29. The molecule has 4 bridgehead atoms. The van der Waals surface area contributed by atoms with Crippen LogP contribution in [0, 0.1) is 27.6 Å². The summed E-state index contributed by atoms with van der Waals surface area (Å²) in [5, 5.41) is 22.6. The normalized spacial score (nSPS) is 37.7. The molecule has 0 aromatic heterocycles. The van der Waals surface area contributed by atoms with Crippen LogP contribution in [0.4, 0.5) is 0 Å². The molecule has 29 heavy (non-hydrogen) atoms. The maximum Gasteiger partial charge on any atom is 0.312 e. The molecule has 0 radical (unpaired) electrons. The number of aliphatic hydroxyl groups is 2. The van der Waals surface area contributed by atoms with E-state index >= 15 is 0 Å². The van der Waals surface area contributed by atoms with Gasteiger partial charge in [0.1, 0.15) is 5.60 Å². The van der Waals surface area contributed by atoms with E-state index in [1.807, 2.05) is 48.5 Å². The predicted octanol–water partition coefficient (Wildman–Crippen LogP) is 5.24. The molecule has 0 amide bonds. The topological polar surface area (TPSA) is 66.8 Å². The van der Waals surface area contributed by atoms with E-state index < -0.39 is 22.2 Å². The lowest BCUT2D eigenvalue weighted by Crippen LogP contribution is -2.71. The molecule has 2 unspecified atom stereocenters. The lowest BCUT2D eigenvalue weighted by atomic mass is 9.33. The number of carbonyl (C=O) groups is 1. The van der Waals surface area contributed by atoms with Crippen LogP contribution in [0.15, 0.2) is 0 Å². The van der Waals surface area contributed by atoms with Gasteiger partial charge in [0.25, 0.3) is 0 Å². The van der Waals surface area contributed by atoms with Crippen LogP contribution >= 0.6 is 0 Å². The molecule has 2 N–H and O–H groups in total. The molecule has 4 heteroatoms. The Morgan fingerprint density at radius 2 is 1.21 bits per heavy atom. The van der Waals surface area contributed by atoms with Gasteiger partial charge in [-0.2, -0.15) is 0 Å². The summed E-state index contributed by atoms with van der Waals surface area (Å²) in [6, 6.07) is 0. The second kappa shape index (κ2) is 6.22. The number of hydrogen-bond donors (Lipinski definition) is 2. The quantitative estimate of drug-likeness (QED) is 0.590.